The van der Waals surface area contributed by atoms with Crippen molar-refractivity contribution in [3.8, 4) is 0 Å². The number of carbonyl (C=O) groups is 2. The fraction of sp³-hybridized carbons (Fsp3) is 0.429. The van der Waals surface area contributed by atoms with Crippen LogP contribution in [0.3, 0.4) is 0 Å². The van der Waals surface area contributed by atoms with Gasteiger partial charge in [-0.2, -0.15) is 0 Å². The first-order valence-corrected chi connectivity index (χ1v) is 6.32. The summed E-state index contributed by atoms with van der Waals surface area (Å²) in [6.07, 6.45) is 0.240. The molecular formula is C14H18N2O3. The summed E-state index contributed by atoms with van der Waals surface area (Å²) in [5.74, 6) is -0.257. The third kappa shape index (κ3) is 3.12. The maximum absolute atomic E-state index is 11.6. The van der Waals surface area contributed by atoms with Crippen LogP contribution in [0, 0.1) is 0 Å². The minimum atomic E-state index is -0.984. The zero-order valence-electron chi connectivity index (χ0n) is 11.1. The summed E-state index contributed by atoms with van der Waals surface area (Å²) in [5.41, 5.74) is 2.94. The van der Waals surface area contributed by atoms with Crippen molar-refractivity contribution in [3.05, 3.63) is 29.3 Å². The second-order valence-corrected chi connectivity index (χ2v) is 4.91. The highest BCUT2D eigenvalue weighted by Gasteiger charge is 2.17. The van der Waals surface area contributed by atoms with Gasteiger partial charge >= 0.3 is 0 Å². The number of fused-ring (bicyclic) bond motifs is 1. The molecule has 0 fully saturated rings. The van der Waals surface area contributed by atoms with Crippen LogP contribution >= 0.6 is 0 Å². The van der Waals surface area contributed by atoms with Gasteiger partial charge in [0.2, 0.25) is 5.91 Å². The smallest absolute Gasteiger partial charge is 0.251 e. The van der Waals surface area contributed by atoms with Gasteiger partial charge in [-0.1, -0.05) is 12.1 Å². The lowest BCUT2D eigenvalue weighted by Crippen LogP contribution is -2.34. The second kappa shape index (κ2) is 5.40. The number of anilines is 1. The Balaban J connectivity index is 2.10. The summed E-state index contributed by atoms with van der Waals surface area (Å²) in [6.45, 7) is 1.91. The van der Waals surface area contributed by atoms with Crippen molar-refractivity contribution in [1.82, 2.24) is 4.90 Å². The number of hydrogen-bond acceptors (Lipinski definition) is 3. The highest BCUT2D eigenvalue weighted by Crippen LogP contribution is 2.24. The van der Waals surface area contributed by atoms with Crippen LogP contribution < -0.4 is 5.32 Å². The quantitative estimate of drug-likeness (QED) is 0.850. The molecule has 0 aromatic heterocycles. The number of aryl methyl sites for hydroxylation is 1. The Kier molecular flexibility index (Phi) is 3.85. The van der Waals surface area contributed by atoms with Crippen LogP contribution in [0.5, 0.6) is 0 Å². The SMILES string of the molecule is CC(O)C(=O)N(C)Cc1ccc2c(c1)CCC(=O)N2. The Morgan fingerprint density at radius 2 is 2.21 bits per heavy atom. The molecule has 5 nitrogen and oxygen atoms in total. The number of aliphatic hydroxyl groups excluding tert-OH is 1. The van der Waals surface area contributed by atoms with Crippen LogP contribution in [-0.4, -0.2) is 35.0 Å². The fourth-order valence-electron chi connectivity index (χ4n) is 2.21. The molecule has 0 radical (unpaired) electrons. The van der Waals surface area contributed by atoms with Gasteiger partial charge in [0.25, 0.3) is 5.91 Å². The minimum Gasteiger partial charge on any atom is -0.384 e. The maximum atomic E-state index is 11.6. The van der Waals surface area contributed by atoms with Crippen molar-refractivity contribution in [3.63, 3.8) is 0 Å². The molecule has 0 saturated carbocycles. The van der Waals surface area contributed by atoms with Gasteiger partial charge in [0.15, 0.2) is 0 Å². The Morgan fingerprint density at radius 1 is 1.47 bits per heavy atom. The van der Waals surface area contributed by atoms with Crippen molar-refractivity contribution in [1.29, 1.82) is 0 Å². The van der Waals surface area contributed by atoms with E-state index in [0.29, 0.717) is 13.0 Å². The van der Waals surface area contributed by atoms with Gasteiger partial charge in [-0.05, 0) is 30.5 Å². The number of rotatable bonds is 3. The molecule has 2 N–H and O–H groups in total. The largest absolute Gasteiger partial charge is 0.384 e. The monoisotopic (exact) mass is 262 g/mol. The summed E-state index contributed by atoms with van der Waals surface area (Å²) >= 11 is 0. The Hall–Kier alpha value is -1.88. The number of benzene rings is 1. The first-order chi connectivity index (χ1) is 8.97. The first kappa shape index (κ1) is 13.5. The lowest BCUT2D eigenvalue weighted by atomic mass is 10.0. The average Bonchev–Trinajstić information content (AvgIpc) is 2.37. The third-order valence-electron chi connectivity index (χ3n) is 3.22. The highest BCUT2D eigenvalue weighted by molar-refractivity contribution is 5.93. The van der Waals surface area contributed by atoms with Crippen LogP contribution in [0.4, 0.5) is 5.69 Å². The summed E-state index contributed by atoms with van der Waals surface area (Å²) in [6, 6.07) is 5.75. The van der Waals surface area contributed by atoms with Gasteiger partial charge in [-0.3, -0.25) is 9.59 Å². The van der Waals surface area contributed by atoms with Crippen LogP contribution in [0.25, 0.3) is 0 Å². The highest BCUT2D eigenvalue weighted by atomic mass is 16.3. The predicted octanol–water partition coefficient (Wildman–Crippen LogP) is 0.910. The lowest BCUT2D eigenvalue weighted by Gasteiger charge is -2.21. The molecule has 1 aliphatic rings. The number of carbonyl (C=O) groups excluding carboxylic acids is 2. The zero-order valence-corrected chi connectivity index (χ0v) is 11.1. The Bertz CT molecular complexity index is 511. The number of nitrogens with zero attached hydrogens (tertiary/aromatic N) is 1. The minimum absolute atomic E-state index is 0.0432. The van der Waals surface area contributed by atoms with Gasteiger partial charge in [0, 0.05) is 25.7 Å². The van der Waals surface area contributed by atoms with E-state index in [2.05, 4.69) is 5.32 Å². The molecule has 1 unspecified atom stereocenters. The van der Waals surface area contributed by atoms with Crippen molar-refractivity contribution in [2.24, 2.45) is 0 Å². The molecule has 1 heterocycles. The number of nitrogens with one attached hydrogen (secondary N) is 1. The molecule has 1 aromatic carbocycles. The summed E-state index contributed by atoms with van der Waals surface area (Å²) in [4.78, 5) is 24.4. The van der Waals surface area contributed by atoms with Gasteiger partial charge < -0.3 is 15.3 Å². The van der Waals surface area contributed by atoms with Gasteiger partial charge in [0.1, 0.15) is 6.10 Å². The molecule has 102 valence electrons. The van der Waals surface area contributed by atoms with Gasteiger partial charge in [0.05, 0.1) is 0 Å². The average molecular weight is 262 g/mol. The molecule has 2 amide bonds. The topological polar surface area (TPSA) is 69.6 Å². The third-order valence-corrected chi connectivity index (χ3v) is 3.22. The molecule has 1 atom stereocenters. The molecular weight excluding hydrogens is 244 g/mol. The standard InChI is InChI=1S/C14H18N2O3/c1-9(17)14(19)16(2)8-10-3-5-12-11(7-10)4-6-13(18)15-12/h3,5,7,9,17H,4,6,8H2,1-2H3,(H,15,18). The van der Waals surface area contributed by atoms with E-state index in [1.165, 1.54) is 11.8 Å². The van der Waals surface area contributed by atoms with E-state index in [-0.39, 0.29) is 11.8 Å². The molecule has 0 saturated heterocycles. The number of hydrogen-bond donors (Lipinski definition) is 2. The van der Waals surface area contributed by atoms with Crippen molar-refractivity contribution in [2.45, 2.75) is 32.4 Å². The molecule has 1 aromatic rings. The maximum Gasteiger partial charge on any atom is 0.251 e. The summed E-state index contributed by atoms with van der Waals surface area (Å²) < 4.78 is 0. The van der Waals surface area contributed by atoms with Gasteiger partial charge in [-0.15, -0.1) is 0 Å². The Labute approximate surface area is 112 Å². The van der Waals surface area contributed by atoms with Gasteiger partial charge in [-0.25, -0.2) is 0 Å². The van der Waals surface area contributed by atoms with Crippen LogP contribution in [0.2, 0.25) is 0 Å². The molecule has 0 spiro atoms. The molecule has 5 heteroatoms. The normalized spacial score (nSPS) is 15.4. The van der Waals surface area contributed by atoms with E-state index in [1.807, 2.05) is 18.2 Å². The van der Waals surface area contributed by atoms with E-state index in [1.54, 1.807) is 7.05 Å². The number of likely N-dealkylation sites (N-methyl/N-ethyl adjacent to an activating group) is 1. The zero-order chi connectivity index (χ0) is 14.0. The van der Waals surface area contributed by atoms with Crippen molar-refractivity contribution < 1.29 is 14.7 Å². The second-order valence-electron chi connectivity index (χ2n) is 4.91. The first-order valence-electron chi connectivity index (χ1n) is 6.32. The molecule has 2 rings (SSSR count). The van der Waals surface area contributed by atoms with E-state index in [0.717, 1.165) is 23.2 Å². The lowest BCUT2D eigenvalue weighted by molar-refractivity contribution is -0.138. The van der Waals surface area contributed by atoms with Crippen LogP contribution in [0.1, 0.15) is 24.5 Å². The van der Waals surface area contributed by atoms with Crippen molar-refractivity contribution >= 4 is 17.5 Å². The van der Waals surface area contributed by atoms with E-state index in [9.17, 15) is 14.7 Å². The summed E-state index contributed by atoms with van der Waals surface area (Å²) in [5, 5.41) is 12.1. The van der Waals surface area contributed by atoms with Crippen LogP contribution in [0.15, 0.2) is 18.2 Å². The van der Waals surface area contributed by atoms with E-state index < -0.39 is 6.10 Å². The van der Waals surface area contributed by atoms with Crippen LogP contribution in [-0.2, 0) is 22.6 Å². The van der Waals surface area contributed by atoms with E-state index in [4.69, 9.17) is 0 Å². The summed E-state index contributed by atoms with van der Waals surface area (Å²) in [7, 11) is 1.66. The molecule has 1 aliphatic heterocycles. The Morgan fingerprint density at radius 3 is 2.89 bits per heavy atom. The molecule has 0 bridgehead atoms. The van der Waals surface area contributed by atoms with E-state index >= 15 is 0 Å². The molecule has 0 aliphatic carbocycles. The predicted molar refractivity (Wildman–Crippen MR) is 71.5 cm³/mol. The fourth-order valence-corrected chi connectivity index (χ4v) is 2.21. The molecule has 19 heavy (non-hydrogen) atoms. The van der Waals surface area contributed by atoms with Crippen molar-refractivity contribution in [2.75, 3.05) is 12.4 Å². The number of aliphatic hydroxyl groups is 1. The number of amides is 2.